The summed E-state index contributed by atoms with van der Waals surface area (Å²) in [5.74, 6) is -0.657. The molecule has 0 saturated carbocycles. The summed E-state index contributed by atoms with van der Waals surface area (Å²) in [5.41, 5.74) is 8.73. The van der Waals surface area contributed by atoms with Crippen LogP contribution in [0.4, 0.5) is 0 Å². The minimum atomic E-state index is -0.558. The third-order valence-corrected chi connectivity index (χ3v) is 4.36. The summed E-state index contributed by atoms with van der Waals surface area (Å²) in [7, 11) is 0. The summed E-state index contributed by atoms with van der Waals surface area (Å²) < 4.78 is 5.35. The van der Waals surface area contributed by atoms with Crippen molar-refractivity contribution in [2.45, 2.75) is 52.7 Å². The van der Waals surface area contributed by atoms with Crippen LogP contribution in [0.3, 0.4) is 0 Å². The lowest BCUT2D eigenvalue weighted by molar-refractivity contribution is -0.145. The normalized spacial score (nSPS) is 24.6. The van der Waals surface area contributed by atoms with Crippen molar-refractivity contribution in [3.8, 4) is 0 Å². The number of hydrogen-bond donors (Lipinski definition) is 0. The molecule has 0 bridgehead atoms. The van der Waals surface area contributed by atoms with E-state index in [9.17, 15) is 9.59 Å². The Morgan fingerprint density at radius 3 is 2.48 bits per heavy atom. The molecule has 0 unspecified atom stereocenters. The number of halogens is 1. The van der Waals surface area contributed by atoms with Crippen LogP contribution >= 0.6 is 11.6 Å². The molecule has 7 heteroatoms. The van der Waals surface area contributed by atoms with Crippen LogP contribution in [0, 0.1) is 23.7 Å². The Morgan fingerprint density at radius 1 is 1.48 bits per heavy atom. The molecule has 0 spiro atoms. The maximum atomic E-state index is 11.8. The van der Waals surface area contributed by atoms with E-state index >= 15 is 0 Å². The average molecular weight is 316 g/mol. The molecule has 118 valence electrons. The SMILES string of the molecule is CC(C)[C@H](C[C@H](N=[N+]=[N-])[C@@H]1C[C@@H](C(C)C)C(=O)O1)C(=O)Cl. The molecule has 6 nitrogen and oxygen atoms in total. The van der Waals surface area contributed by atoms with Gasteiger partial charge in [0.05, 0.1) is 12.0 Å². The lowest BCUT2D eigenvalue weighted by Crippen LogP contribution is -2.30. The van der Waals surface area contributed by atoms with Crippen LogP contribution in [-0.2, 0) is 14.3 Å². The van der Waals surface area contributed by atoms with Crippen LogP contribution in [0.5, 0.6) is 0 Å². The summed E-state index contributed by atoms with van der Waals surface area (Å²) in [6.45, 7) is 7.68. The van der Waals surface area contributed by atoms with Gasteiger partial charge in [0.1, 0.15) is 6.10 Å². The van der Waals surface area contributed by atoms with E-state index in [1.54, 1.807) is 0 Å². The van der Waals surface area contributed by atoms with E-state index in [1.165, 1.54) is 0 Å². The summed E-state index contributed by atoms with van der Waals surface area (Å²) in [6, 6.07) is -0.558. The maximum absolute atomic E-state index is 11.8. The molecule has 0 radical (unpaired) electrons. The minimum Gasteiger partial charge on any atom is -0.462 e. The second-order valence-corrected chi connectivity index (χ2v) is 6.60. The molecular formula is C14H22ClN3O3. The van der Waals surface area contributed by atoms with Gasteiger partial charge in [0.2, 0.25) is 5.24 Å². The van der Waals surface area contributed by atoms with Crippen LogP contribution in [0.25, 0.3) is 10.4 Å². The highest BCUT2D eigenvalue weighted by Gasteiger charge is 2.41. The van der Waals surface area contributed by atoms with Crippen molar-refractivity contribution >= 4 is 22.8 Å². The third-order valence-electron chi connectivity index (χ3n) is 4.08. The summed E-state index contributed by atoms with van der Waals surface area (Å²) in [4.78, 5) is 26.2. The number of ether oxygens (including phenoxy) is 1. The monoisotopic (exact) mass is 315 g/mol. The Balaban J connectivity index is 2.86. The Bertz CT molecular complexity index is 447. The zero-order chi connectivity index (χ0) is 16.2. The first-order chi connectivity index (χ1) is 9.77. The predicted molar refractivity (Wildman–Crippen MR) is 79.6 cm³/mol. The number of hydrogen-bond acceptors (Lipinski definition) is 4. The summed E-state index contributed by atoms with van der Waals surface area (Å²) in [5, 5.41) is 3.28. The fraction of sp³-hybridized carbons (Fsp3) is 0.857. The van der Waals surface area contributed by atoms with Gasteiger partial charge in [-0.1, -0.05) is 32.8 Å². The number of nitrogens with zero attached hydrogens (tertiary/aromatic N) is 3. The van der Waals surface area contributed by atoms with Crippen molar-refractivity contribution in [1.82, 2.24) is 0 Å². The summed E-state index contributed by atoms with van der Waals surface area (Å²) >= 11 is 5.62. The number of carbonyl (C=O) groups is 2. The number of rotatable bonds is 7. The highest BCUT2D eigenvalue weighted by atomic mass is 35.5. The molecular weight excluding hydrogens is 294 g/mol. The van der Waals surface area contributed by atoms with Gasteiger partial charge in [-0.05, 0) is 41.8 Å². The second-order valence-electron chi connectivity index (χ2n) is 6.22. The number of cyclic esters (lactones) is 1. The quantitative estimate of drug-likeness (QED) is 0.236. The zero-order valence-corrected chi connectivity index (χ0v) is 13.6. The lowest BCUT2D eigenvalue weighted by atomic mass is 9.85. The molecule has 1 saturated heterocycles. The van der Waals surface area contributed by atoms with Crippen LogP contribution in [-0.4, -0.2) is 23.4 Å². The zero-order valence-electron chi connectivity index (χ0n) is 12.8. The number of carbonyl (C=O) groups excluding carboxylic acids is 2. The molecule has 1 aliphatic heterocycles. The minimum absolute atomic E-state index is 0.0318. The average Bonchev–Trinajstić information content (AvgIpc) is 2.75. The van der Waals surface area contributed by atoms with Crippen molar-refractivity contribution in [3.05, 3.63) is 10.4 Å². The first-order valence-electron chi connectivity index (χ1n) is 7.22. The van der Waals surface area contributed by atoms with Gasteiger partial charge in [0.25, 0.3) is 0 Å². The van der Waals surface area contributed by atoms with Gasteiger partial charge in [0.15, 0.2) is 0 Å². The Labute approximate surface area is 129 Å². The second kappa shape index (κ2) is 7.66. The van der Waals surface area contributed by atoms with Crippen molar-refractivity contribution in [1.29, 1.82) is 0 Å². The fourth-order valence-electron chi connectivity index (χ4n) is 2.64. The third kappa shape index (κ3) is 4.61. The Morgan fingerprint density at radius 2 is 2.10 bits per heavy atom. The molecule has 0 aromatic rings. The molecule has 0 N–H and O–H groups in total. The van der Waals surface area contributed by atoms with Crippen LogP contribution in [0.1, 0.15) is 40.5 Å². The number of esters is 1. The first kappa shape index (κ1) is 17.8. The molecule has 1 fully saturated rings. The molecule has 4 atom stereocenters. The van der Waals surface area contributed by atoms with Crippen LogP contribution in [0.15, 0.2) is 5.11 Å². The van der Waals surface area contributed by atoms with Crippen LogP contribution < -0.4 is 0 Å². The smallest absolute Gasteiger partial charge is 0.309 e. The van der Waals surface area contributed by atoms with Gasteiger partial charge in [-0.15, -0.1) is 0 Å². The molecule has 1 aliphatic rings. The molecule has 0 amide bonds. The van der Waals surface area contributed by atoms with Crippen molar-refractivity contribution < 1.29 is 14.3 Å². The highest BCUT2D eigenvalue weighted by Crippen LogP contribution is 2.33. The standard InChI is InChI=1S/C14H22ClN3O3/c1-7(2)9(13(15)19)5-11(17-18-16)12-6-10(8(3)4)14(20)21-12/h7-12H,5-6H2,1-4H3/t9-,10-,11-,12-/m0/s1. The van der Waals surface area contributed by atoms with Crippen LogP contribution in [0.2, 0.25) is 0 Å². The van der Waals surface area contributed by atoms with Crippen molar-refractivity contribution in [2.75, 3.05) is 0 Å². The Hall–Kier alpha value is -1.26. The van der Waals surface area contributed by atoms with Gasteiger partial charge >= 0.3 is 5.97 Å². The topological polar surface area (TPSA) is 92.1 Å². The lowest BCUT2D eigenvalue weighted by Gasteiger charge is -2.23. The Kier molecular flexibility index (Phi) is 6.49. The van der Waals surface area contributed by atoms with Gasteiger partial charge in [-0.3, -0.25) is 9.59 Å². The molecule has 21 heavy (non-hydrogen) atoms. The molecule has 1 rings (SSSR count). The molecule has 1 heterocycles. The first-order valence-corrected chi connectivity index (χ1v) is 7.59. The van der Waals surface area contributed by atoms with Gasteiger partial charge in [-0.2, -0.15) is 0 Å². The van der Waals surface area contributed by atoms with E-state index in [-0.39, 0.29) is 23.7 Å². The van der Waals surface area contributed by atoms with E-state index in [2.05, 4.69) is 10.0 Å². The highest BCUT2D eigenvalue weighted by molar-refractivity contribution is 6.64. The van der Waals surface area contributed by atoms with E-state index in [0.29, 0.717) is 12.8 Å². The fourth-order valence-corrected chi connectivity index (χ4v) is 2.98. The predicted octanol–water partition coefficient (Wildman–Crippen LogP) is 3.68. The largest absolute Gasteiger partial charge is 0.462 e. The van der Waals surface area contributed by atoms with Gasteiger partial charge in [-0.25, -0.2) is 0 Å². The van der Waals surface area contributed by atoms with E-state index in [1.807, 2.05) is 27.7 Å². The molecule has 0 aromatic heterocycles. The van der Waals surface area contributed by atoms with Gasteiger partial charge < -0.3 is 4.74 Å². The van der Waals surface area contributed by atoms with Crippen molar-refractivity contribution in [3.63, 3.8) is 0 Å². The maximum Gasteiger partial charge on any atom is 0.309 e. The van der Waals surface area contributed by atoms with Crippen molar-refractivity contribution in [2.24, 2.45) is 28.8 Å². The van der Waals surface area contributed by atoms with E-state index in [0.717, 1.165) is 0 Å². The van der Waals surface area contributed by atoms with E-state index < -0.39 is 23.3 Å². The molecule has 0 aromatic carbocycles. The molecule has 0 aliphatic carbocycles. The summed E-state index contributed by atoms with van der Waals surface area (Å²) in [6.07, 6.45) is 0.340. The van der Waals surface area contributed by atoms with E-state index in [4.69, 9.17) is 21.9 Å². The number of azide groups is 1. The van der Waals surface area contributed by atoms with Gasteiger partial charge in [0, 0.05) is 10.8 Å².